The summed E-state index contributed by atoms with van der Waals surface area (Å²) in [5.41, 5.74) is 3.95. The van der Waals surface area contributed by atoms with Crippen LogP contribution in [0.15, 0.2) is 76.1 Å². The van der Waals surface area contributed by atoms with Gasteiger partial charge in [-0.05, 0) is 79.9 Å². The number of benzene rings is 2. The molecule has 3 aliphatic rings. The van der Waals surface area contributed by atoms with Crippen molar-refractivity contribution in [3.8, 4) is 16.9 Å². The van der Waals surface area contributed by atoms with Gasteiger partial charge in [-0.2, -0.15) is 0 Å². The third-order valence-electron chi connectivity index (χ3n) is 8.80. The topological polar surface area (TPSA) is 204 Å². The number of phenols is 1. The van der Waals surface area contributed by atoms with Crippen molar-refractivity contribution in [1.82, 2.24) is 4.90 Å². The van der Waals surface area contributed by atoms with E-state index in [0.717, 1.165) is 0 Å². The first-order valence-electron chi connectivity index (χ1n) is 13.8. The van der Waals surface area contributed by atoms with Crippen molar-refractivity contribution in [2.24, 2.45) is 17.6 Å². The summed E-state index contributed by atoms with van der Waals surface area (Å²) in [5.74, 6) is -7.32. The predicted molar refractivity (Wildman–Crippen MR) is 156 cm³/mol. The molecule has 4 atom stereocenters. The molecule has 3 aliphatic carbocycles. The van der Waals surface area contributed by atoms with Crippen LogP contribution in [0.3, 0.4) is 0 Å². The maximum atomic E-state index is 14.0. The number of aromatic hydroxyl groups is 1. The number of nitrogens with one attached hydrogen (secondary N) is 1. The molecule has 1 aromatic heterocycles. The van der Waals surface area contributed by atoms with E-state index in [2.05, 4.69) is 5.32 Å². The van der Waals surface area contributed by atoms with Crippen LogP contribution in [0.25, 0.3) is 16.9 Å². The molecule has 0 spiro atoms. The molecule has 12 heteroatoms. The zero-order valence-electron chi connectivity index (χ0n) is 23.7. The molecule has 44 heavy (non-hydrogen) atoms. The number of carbonyl (C=O) groups excluding carboxylic acids is 4. The van der Waals surface area contributed by atoms with Gasteiger partial charge in [-0.15, -0.1) is 0 Å². The first kappa shape index (κ1) is 28.9. The zero-order chi connectivity index (χ0) is 31.7. The number of carbonyl (C=O) groups is 4. The number of hydrogen-bond acceptors (Lipinski definition) is 10. The number of Topliss-reactive ketones (excluding diaryl/α,β-unsaturated/α-hetero) is 2. The Hall–Kier alpha value is -5.20. The summed E-state index contributed by atoms with van der Waals surface area (Å²) < 4.78 is 5.12. The largest absolute Gasteiger partial charge is 0.508 e. The number of fused-ring (bicyclic) bond motifs is 3. The molecule has 1 heterocycles. The van der Waals surface area contributed by atoms with Gasteiger partial charge in [-0.1, -0.05) is 18.2 Å². The van der Waals surface area contributed by atoms with Crippen molar-refractivity contribution < 1.29 is 44.0 Å². The lowest BCUT2D eigenvalue weighted by atomic mass is 9.57. The smallest absolute Gasteiger partial charge is 0.291 e. The molecular weight excluding hydrogens is 570 g/mol. The van der Waals surface area contributed by atoms with Crippen LogP contribution in [0.5, 0.6) is 5.75 Å². The second kappa shape index (κ2) is 10.2. The van der Waals surface area contributed by atoms with Gasteiger partial charge in [0.05, 0.1) is 17.9 Å². The van der Waals surface area contributed by atoms with E-state index in [9.17, 15) is 39.6 Å². The fraction of sp³-hybridized carbons (Fsp3) is 0.250. The van der Waals surface area contributed by atoms with Crippen LogP contribution in [0, 0.1) is 11.8 Å². The summed E-state index contributed by atoms with van der Waals surface area (Å²) in [6, 6.07) is 11.9. The first-order valence-corrected chi connectivity index (χ1v) is 13.8. The molecular formula is C32H29N3O9. The number of rotatable bonds is 5. The van der Waals surface area contributed by atoms with Crippen molar-refractivity contribution in [3.05, 3.63) is 88.6 Å². The van der Waals surface area contributed by atoms with Gasteiger partial charge in [-0.3, -0.25) is 24.1 Å². The fourth-order valence-electron chi connectivity index (χ4n) is 6.85. The Bertz CT molecular complexity index is 1800. The van der Waals surface area contributed by atoms with E-state index in [4.69, 9.17) is 10.2 Å². The van der Waals surface area contributed by atoms with Gasteiger partial charge in [0.15, 0.2) is 17.1 Å². The second-order valence-corrected chi connectivity index (χ2v) is 11.5. The number of ketones is 2. The lowest BCUT2D eigenvalue weighted by Crippen LogP contribution is -2.65. The van der Waals surface area contributed by atoms with Crippen molar-refractivity contribution in [3.63, 3.8) is 0 Å². The molecule has 0 bridgehead atoms. The Morgan fingerprint density at radius 2 is 1.75 bits per heavy atom. The molecule has 0 saturated heterocycles. The Kier molecular flexibility index (Phi) is 6.71. The molecule has 7 N–H and O–H groups in total. The van der Waals surface area contributed by atoms with Gasteiger partial charge in [0.25, 0.3) is 11.8 Å². The van der Waals surface area contributed by atoms with Crippen LogP contribution in [0.4, 0.5) is 5.69 Å². The number of aliphatic hydroxyl groups excluding tert-OH is 2. The summed E-state index contributed by atoms with van der Waals surface area (Å²) in [6.45, 7) is 0. The predicted octanol–water partition coefficient (Wildman–Crippen LogP) is 2.48. The van der Waals surface area contributed by atoms with Gasteiger partial charge >= 0.3 is 0 Å². The Morgan fingerprint density at radius 3 is 2.36 bits per heavy atom. The van der Waals surface area contributed by atoms with Gasteiger partial charge in [0, 0.05) is 17.2 Å². The van der Waals surface area contributed by atoms with Gasteiger partial charge in [-0.25, -0.2) is 0 Å². The fourth-order valence-corrected chi connectivity index (χ4v) is 6.85. The summed E-state index contributed by atoms with van der Waals surface area (Å²) >= 11 is 0. The summed E-state index contributed by atoms with van der Waals surface area (Å²) in [5, 5.41) is 47.8. The van der Waals surface area contributed by atoms with Crippen LogP contribution in [-0.4, -0.2) is 74.4 Å². The quantitative estimate of drug-likeness (QED) is 0.236. The van der Waals surface area contributed by atoms with Crippen LogP contribution in [0.2, 0.25) is 0 Å². The normalized spacial score (nSPS) is 24.6. The number of phenolic OH excluding ortho intramolecular Hbond substituents is 1. The van der Waals surface area contributed by atoms with Crippen molar-refractivity contribution in [2.45, 2.75) is 24.5 Å². The maximum absolute atomic E-state index is 14.0. The lowest BCUT2D eigenvalue weighted by Gasteiger charge is -2.50. The number of aliphatic hydroxyl groups is 3. The van der Waals surface area contributed by atoms with E-state index in [1.54, 1.807) is 50.5 Å². The first-order chi connectivity index (χ1) is 20.9. The molecule has 1 fully saturated rings. The van der Waals surface area contributed by atoms with Crippen molar-refractivity contribution in [1.29, 1.82) is 0 Å². The van der Waals surface area contributed by atoms with E-state index in [-0.39, 0.29) is 35.5 Å². The third kappa shape index (κ3) is 4.13. The summed E-state index contributed by atoms with van der Waals surface area (Å²) in [6.07, 6.45) is 1.53. The molecule has 2 aromatic carbocycles. The van der Waals surface area contributed by atoms with E-state index in [1.807, 2.05) is 0 Å². The van der Waals surface area contributed by atoms with Crippen molar-refractivity contribution >= 4 is 34.8 Å². The monoisotopic (exact) mass is 599 g/mol. The standard InChI is InChI=1S/C32H29N3O9/c1-35(2)25-19-13-15-12-18-17(14-5-7-16(8-6-14)34-31(42)21-4-3-11-44-21)9-10-20(36)23(18)26(37)22(15)28(39)32(19,43)29(40)24(27(25)38)30(33)41/h3-11,15,19,25,36-37,40,43H,12-13H2,1-2H3,(H2,33,41)(H,34,42)/t15-,19-,25-,32-/m1/s1. The maximum Gasteiger partial charge on any atom is 0.291 e. The number of anilines is 1. The van der Waals surface area contributed by atoms with Crippen LogP contribution >= 0.6 is 0 Å². The number of primary amides is 1. The second-order valence-electron chi connectivity index (χ2n) is 11.5. The zero-order valence-corrected chi connectivity index (χ0v) is 23.7. The number of likely N-dealkylation sites (N-methyl/N-ethyl adjacent to an activating group) is 1. The van der Waals surface area contributed by atoms with Gasteiger partial charge in [0.1, 0.15) is 22.8 Å². The summed E-state index contributed by atoms with van der Waals surface area (Å²) in [4.78, 5) is 53.2. The van der Waals surface area contributed by atoms with E-state index >= 15 is 0 Å². The number of amides is 2. The SMILES string of the molecule is CN(C)[C@H]1C(=O)C(C(N)=O)=C(O)[C@]2(O)C(=O)C3=C(O)c4c(O)ccc(-c5ccc(NC(=O)c6ccco6)cc5)c4C[C@@H]3C[C@H]12. The molecule has 0 aliphatic heterocycles. The highest BCUT2D eigenvalue weighted by molar-refractivity contribution is 6.24. The number of nitrogens with two attached hydrogens (primary N) is 1. The molecule has 3 aromatic rings. The van der Waals surface area contributed by atoms with E-state index in [1.165, 1.54) is 23.3 Å². The molecule has 6 rings (SSSR count). The molecule has 12 nitrogen and oxygen atoms in total. The third-order valence-corrected chi connectivity index (χ3v) is 8.80. The molecule has 2 amide bonds. The average Bonchev–Trinajstić information content (AvgIpc) is 3.51. The van der Waals surface area contributed by atoms with Crippen LogP contribution in [-0.2, 0) is 20.8 Å². The van der Waals surface area contributed by atoms with Gasteiger partial charge < -0.3 is 35.9 Å². The highest BCUT2D eigenvalue weighted by Crippen LogP contribution is 2.53. The highest BCUT2D eigenvalue weighted by Gasteiger charge is 2.64. The average molecular weight is 600 g/mol. The Morgan fingerprint density at radius 1 is 1.05 bits per heavy atom. The minimum atomic E-state index is -2.70. The summed E-state index contributed by atoms with van der Waals surface area (Å²) in [7, 11) is 3.09. The minimum absolute atomic E-state index is 0.00557. The van der Waals surface area contributed by atoms with E-state index in [0.29, 0.717) is 22.4 Å². The van der Waals surface area contributed by atoms with Crippen molar-refractivity contribution in [2.75, 3.05) is 19.4 Å². The highest BCUT2D eigenvalue weighted by atomic mass is 16.4. The number of nitrogens with zero attached hydrogens (tertiary/aromatic N) is 1. The minimum Gasteiger partial charge on any atom is -0.508 e. The number of furan rings is 1. The molecule has 226 valence electrons. The van der Waals surface area contributed by atoms with Crippen LogP contribution in [0.1, 0.15) is 28.1 Å². The lowest BCUT2D eigenvalue weighted by molar-refractivity contribution is -0.153. The van der Waals surface area contributed by atoms with E-state index < -0.39 is 64.0 Å². The molecule has 0 radical (unpaired) electrons. The van der Waals surface area contributed by atoms with Gasteiger partial charge in [0.2, 0.25) is 5.78 Å². The van der Waals surface area contributed by atoms with Crippen LogP contribution < -0.4 is 11.1 Å². The Labute approximate surface area is 250 Å². The number of hydrogen-bond donors (Lipinski definition) is 6. The molecule has 1 saturated carbocycles. The Balaban J connectivity index is 1.43. The molecule has 0 unspecified atom stereocenters.